The third kappa shape index (κ3) is 5.12. The maximum atomic E-state index is 6.06. The van der Waals surface area contributed by atoms with E-state index in [9.17, 15) is 0 Å². The molecule has 0 unspecified atom stereocenters. The van der Waals surface area contributed by atoms with Crippen LogP contribution in [0, 0.1) is 0 Å². The second-order valence-electron chi connectivity index (χ2n) is 8.45. The normalized spacial score (nSPS) is 13.9. The van der Waals surface area contributed by atoms with Crippen molar-refractivity contribution in [3.05, 3.63) is 66.2 Å². The molecule has 3 aromatic heterocycles. The minimum absolute atomic E-state index is 0.441. The number of ether oxygens (including phenoxy) is 2. The number of aryl methyl sites for hydroxylation is 1. The van der Waals surface area contributed by atoms with E-state index in [1.54, 1.807) is 12.4 Å². The molecule has 0 saturated carbocycles. The lowest BCUT2D eigenvalue weighted by atomic mass is 10.1. The zero-order valence-corrected chi connectivity index (χ0v) is 19.5. The third-order valence-corrected chi connectivity index (χ3v) is 6.10. The molecule has 2 N–H and O–H groups in total. The molecule has 34 heavy (non-hydrogen) atoms. The van der Waals surface area contributed by atoms with Crippen LogP contribution in [0.3, 0.4) is 0 Å². The number of aromatic nitrogens is 4. The summed E-state index contributed by atoms with van der Waals surface area (Å²) in [4.78, 5) is 11.1. The Morgan fingerprint density at radius 3 is 2.82 bits per heavy atom. The van der Waals surface area contributed by atoms with E-state index in [-0.39, 0.29) is 0 Å². The molecule has 176 valence electrons. The highest BCUT2D eigenvalue weighted by Gasteiger charge is 2.15. The number of pyridine rings is 2. The van der Waals surface area contributed by atoms with Gasteiger partial charge in [0.05, 0.1) is 34.7 Å². The van der Waals surface area contributed by atoms with Crippen molar-refractivity contribution in [1.82, 2.24) is 25.1 Å². The number of anilines is 2. The Labute approximate surface area is 199 Å². The average Bonchev–Trinajstić information content (AvgIpc) is 3.55. The molecular formula is C26H30N6O2. The third-order valence-electron chi connectivity index (χ3n) is 6.10. The Morgan fingerprint density at radius 2 is 2.00 bits per heavy atom. The minimum atomic E-state index is 0.441. The molecule has 1 fully saturated rings. The molecule has 8 heteroatoms. The van der Waals surface area contributed by atoms with Gasteiger partial charge in [-0.1, -0.05) is 13.0 Å². The summed E-state index contributed by atoms with van der Waals surface area (Å²) in [5, 5.41) is 11.8. The molecule has 5 rings (SSSR count). The Balaban J connectivity index is 1.30. The van der Waals surface area contributed by atoms with E-state index in [4.69, 9.17) is 9.47 Å². The van der Waals surface area contributed by atoms with Gasteiger partial charge in [-0.3, -0.25) is 20.0 Å². The van der Waals surface area contributed by atoms with Crippen LogP contribution >= 0.6 is 0 Å². The second kappa shape index (κ2) is 10.5. The van der Waals surface area contributed by atoms with Crippen LogP contribution in [-0.4, -0.2) is 51.3 Å². The van der Waals surface area contributed by atoms with Crippen LogP contribution < -0.4 is 14.8 Å². The number of hydrogen-bond acceptors (Lipinski definition) is 7. The molecule has 0 spiro atoms. The van der Waals surface area contributed by atoms with Crippen molar-refractivity contribution in [3.63, 3.8) is 0 Å². The monoisotopic (exact) mass is 458 g/mol. The number of nitrogens with one attached hydrogen (secondary N) is 2. The fourth-order valence-electron chi connectivity index (χ4n) is 4.28. The van der Waals surface area contributed by atoms with Crippen molar-refractivity contribution in [2.24, 2.45) is 0 Å². The van der Waals surface area contributed by atoms with E-state index in [0.29, 0.717) is 19.1 Å². The van der Waals surface area contributed by atoms with Crippen LogP contribution in [0.25, 0.3) is 10.9 Å². The lowest BCUT2D eigenvalue weighted by Crippen LogP contribution is -2.25. The van der Waals surface area contributed by atoms with Gasteiger partial charge in [-0.2, -0.15) is 0 Å². The highest BCUT2D eigenvalue weighted by molar-refractivity contribution is 5.96. The zero-order valence-electron chi connectivity index (χ0n) is 19.5. The fourth-order valence-corrected chi connectivity index (χ4v) is 4.28. The topological polar surface area (TPSA) is 88.2 Å². The van der Waals surface area contributed by atoms with Crippen molar-refractivity contribution in [3.8, 4) is 11.6 Å². The highest BCUT2D eigenvalue weighted by atomic mass is 16.5. The van der Waals surface area contributed by atoms with Crippen LogP contribution in [0.5, 0.6) is 11.6 Å². The minimum Gasteiger partial charge on any atom is -0.487 e. The summed E-state index contributed by atoms with van der Waals surface area (Å²) in [5.41, 5.74) is 4.68. The van der Waals surface area contributed by atoms with Crippen molar-refractivity contribution in [2.75, 3.05) is 31.6 Å². The molecule has 1 aliphatic rings. The molecule has 0 aliphatic carbocycles. The summed E-state index contributed by atoms with van der Waals surface area (Å²) in [7, 11) is 0. The lowest BCUT2D eigenvalue weighted by molar-refractivity contribution is 0.233. The van der Waals surface area contributed by atoms with Gasteiger partial charge >= 0.3 is 0 Å². The number of benzene rings is 1. The Kier molecular flexibility index (Phi) is 6.86. The molecule has 1 aliphatic heterocycles. The molecule has 1 saturated heterocycles. The van der Waals surface area contributed by atoms with Crippen molar-refractivity contribution in [2.45, 2.75) is 32.8 Å². The first-order chi connectivity index (χ1) is 16.8. The van der Waals surface area contributed by atoms with Gasteiger partial charge in [0.1, 0.15) is 19.0 Å². The smallest absolute Gasteiger partial charge is 0.242 e. The first-order valence-electron chi connectivity index (χ1n) is 11.9. The average molecular weight is 459 g/mol. The Bertz CT molecular complexity index is 1220. The maximum Gasteiger partial charge on any atom is 0.242 e. The second-order valence-corrected chi connectivity index (χ2v) is 8.45. The summed E-state index contributed by atoms with van der Waals surface area (Å²) in [6.07, 6.45) is 8.76. The van der Waals surface area contributed by atoms with Gasteiger partial charge in [-0.25, -0.2) is 0 Å². The number of likely N-dealkylation sites (tertiary alicyclic amines) is 1. The molecule has 1 aromatic carbocycles. The van der Waals surface area contributed by atoms with Crippen LogP contribution in [-0.2, 0) is 13.0 Å². The highest BCUT2D eigenvalue weighted by Crippen LogP contribution is 2.33. The SMILES string of the molecule is CCc1cc(Nc2cncc3[nH]nc(OCCN4CCCC4)c23)ccc1OCc1ccccn1. The van der Waals surface area contributed by atoms with Crippen LogP contribution in [0.15, 0.2) is 55.0 Å². The van der Waals surface area contributed by atoms with E-state index in [1.807, 2.05) is 36.5 Å². The number of fused-ring (bicyclic) bond motifs is 1. The van der Waals surface area contributed by atoms with E-state index >= 15 is 0 Å². The summed E-state index contributed by atoms with van der Waals surface area (Å²) >= 11 is 0. The molecule has 8 nitrogen and oxygen atoms in total. The summed E-state index contributed by atoms with van der Waals surface area (Å²) in [6.45, 7) is 6.41. The van der Waals surface area contributed by atoms with E-state index in [2.05, 4.69) is 43.4 Å². The number of nitrogens with zero attached hydrogens (tertiary/aromatic N) is 4. The van der Waals surface area contributed by atoms with E-state index in [0.717, 1.165) is 65.3 Å². The molecular weight excluding hydrogens is 428 g/mol. The van der Waals surface area contributed by atoms with Crippen molar-refractivity contribution >= 4 is 22.3 Å². The lowest BCUT2D eigenvalue weighted by Gasteiger charge is -2.15. The predicted molar refractivity (Wildman–Crippen MR) is 133 cm³/mol. The van der Waals surface area contributed by atoms with Gasteiger partial charge in [-0.15, -0.1) is 5.10 Å². The standard InChI is InChI=1S/C26H30N6O2/c1-2-19-15-20(8-9-24(19)34-18-21-7-3-4-10-28-21)29-22-16-27-17-23-25(22)26(31-30-23)33-14-13-32-11-5-6-12-32/h3-4,7-10,15-17,29H,2,5-6,11-14,18H2,1H3,(H,30,31). The number of aromatic amines is 1. The largest absolute Gasteiger partial charge is 0.487 e. The molecule has 0 bridgehead atoms. The van der Waals surface area contributed by atoms with Gasteiger partial charge in [0, 0.05) is 18.4 Å². The van der Waals surface area contributed by atoms with Crippen molar-refractivity contribution in [1.29, 1.82) is 0 Å². The van der Waals surface area contributed by atoms with Crippen molar-refractivity contribution < 1.29 is 9.47 Å². The first kappa shape index (κ1) is 22.2. The Morgan fingerprint density at radius 1 is 1.09 bits per heavy atom. The molecule has 0 atom stereocenters. The molecule has 0 amide bonds. The van der Waals surface area contributed by atoms with Gasteiger partial charge < -0.3 is 14.8 Å². The van der Waals surface area contributed by atoms with E-state index < -0.39 is 0 Å². The number of rotatable bonds is 10. The van der Waals surface area contributed by atoms with Gasteiger partial charge in [-0.05, 0) is 68.2 Å². The molecule has 4 aromatic rings. The first-order valence-corrected chi connectivity index (χ1v) is 11.9. The van der Waals surface area contributed by atoms with E-state index in [1.165, 1.54) is 12.8 Å². The van der Waals surface area contributed by atoms with Gasteiger partial charge in [0.15, 0.2) is 0 Å². The summed E-state index contributed by atoms with van der Waals surface area (Å²) < 4.78 is 12.1. The van der Waals surface area contributed by atoms with Crippen LogP contribution in [0.1, 0.15) is 31.0 Å². The van der Waals surface area contributed by atoms with Gasteiger partial charge in [0.25, 0.3) is 0 Å². The summed E-state index contributed by atoms with van der Waals surface area (Å²) in [5.74, 6) is 1.47. The number of H-pyrrole nitrogens is 1. The van der Waals surface area contributed by atoms with Crippen LogP contribution in [0.4, 0.5) is 11.4 Å². The van der Waals surface area contributed by atoms with Gasteiger partial charge in [0.2, 0.25) is 5.88 Å². The fraction of sp³-hybridized carbons (Fsp3) is 0.346. The maximum absolute atomic E-state index is 6.06. The quantitative estimate of drug-likeness (QED) is 0.356. The Hall–Kier alpha value is -3.65. The molecule has 4 heterocycles. The number of hydrogen-bond donors (Lipinski definition) is 2. The summed E-state index contributed by atoms with van der Waals surface area (Å²) in [6, 6.07) is 12.0. The zero-order chi connectivity index (χ0) is 23.2. The van der Waals surface area contributed by atoms with Crippen LogP contribution in [0.2, 0.25) is 0 Å². The predicted octanol–water partition coefficient (Wildman–Crippen LogP) is 4.71. The molecule has 0 radical (unpaired) electrons.